The van der Waals surface area contributed by atoms with Crippen molar-refractivity contribution in [3.63, 3.8) is 0 Å². The third-order valence-electron chi connectivity index (χ3n) is 3.52. The molecule has 0 radical (unpaired) electrons. The largest absolute Gasteiger partial charge is 0.409 e. The third kappa shape index (κ3) is 3.21. The Morgan fingerprint density at radius 2 is 2.19 bits per heavy atom. The predicted octanol–water partition coefficient (Wildman–Crippen LogP) is 2.52. The molecule has 2 aromatic rings. The molecule has 1 heterocycles. The van der Waals surface area contributed by atoms with Gasteiger partial charge in [-0.3, -0.25) is 0 Å². The monoisotopic (exact) mass is 304 g/mol. The van der Waals surface area contributed by atoms with Crippen LogP contribution in [0.25, 0.3) is 10.9 Å². The quantitative estimate of drug-likeness (QED) is 0.384. The molecule has 0 spiro atoms. The highest BCUT2D eigenvalue weighted by atomic mass is 32.2. The number of anilines is 1. The van der Waals surface area contributed by atoms with Crippen molar-refractivity contribution in [2.45, 2.75) is 13.0 Å². The zero-order valence-corrected chi connectivity index (χ0v) is 13.3. The second-order valence-corrected chi connectivity index (χ2v) is 5.86. The minimum absolute atomic E-state index is 0.0979. The fraction of sp³-hybridized carbons (Fsp3) is 0.333. The topological polar surface area (TPSA) is 74.7 Å². The van der Waals surface area contributed by atoms with Gasteiger partial charge in [0.15, 0.2) is 5.84 Å². The van der Waals surface area contributed by atoms with Gasteiger partial charge in [-0.1, -0.05) is 23.4 Å². The summed E-state index contributed by atoms with van der Waals surface area (Å²) in [6, 6.07) is 9.91. The van der Waals surface area contributed by atoms with Crippen LogP contribution >= 0.6 is 11.8 Å². The van der Waals surface area contributed by atoms with Crippen molar-refractivity contribution in [3.8, 4) is 0 Å². The van der Waals surface area contributed by atoms with Crippen molar-refractivity contribution in [1.82, 2.24) is 4.98 Å². The molecule has 1 aromatic carbocycles. The second kappa shape index (κ2) is 6.67. The van der Waals surface area contributed by atoms with Gasteiger partial charge in [0.05, 0.1) is 5.52 Å². The summed E-state index contributed by atoms with van der Waals surface area (Å²) >= 11 is 1.79. The normalized spacial score (nSPS) is 13.4. The van der Waals surface area contributed by atoms with Crippen LogP contribution in [0.2, 0.25) is 0 Å². The lowest BCUT2D eigenvalue weighted by molar-refractivity contribution is 0.318. The number of rotatable bonds is 5. The molecule has 6 heteroatoms. The molecule has 0 bridgehead atoms. The number of nitrogens with two attached hydrogens (primary N) is 1. The van der Waals surface area contributed by atoms with Crippen LogP contribution in [0.15, 0.2) is 35.5 Å². The van der Waals surface area contributed by atoms with E-state index in [1.54, 1.807) is 11.8 Å². The fourth-order valence-electron chi connectivity index (χ4n) is 2.19. The van der Waals surface area contributed by atoms with Gasteiger partial charge in [0.2, 0.25) is 0 Å². The van der Waals surface area contributed by atoms with Crippen LogP contribution in [0.1, 0.15) is 12.5 Å². The molecule has 112 valence electrons. The minimum Gasteiger partial charge on any atom is -0.409 e. The van der Waals surface area contributed by atoms with Crippen molar-refractivity contribution in [1.29, 1.82) is 0 Å². The Morgan fingerprint density at radius 3 is 2.86 bits per heavy atom. The van der Waals surface area contributed by atoms with Gasteiger partial charge in [-0.25, -0.2) is 4.98 Å². The highest BCUT2D eigenvalue weighted by Gasteiger charge is 2.15. The zero-order chi connectivity index (χ0) is 15.4. The average Bonchev–Trinajstić information content (AvgIpc) is 2.52. The molecule has 0 amide bonds. The number of amidine groups is 1. The van der Waals surface area contributed by atoms with E-state index >= 15 is 0 Å². The zero-order valence-electron chi connectivity index (χ0n) is 12.4. The van der Waals surface area contributed by atoms with Crippen LogP contribution in [-0.2, 0) is 0 Å². The molecule has 1 atom stereocenters. The first-order valence-corrected chi connectivity index (χ1v) is 8.07. The maximum atomic E-state index is 9.00. The molecule has 1 aromatic heterocycles. The Hall–Kier alpha value is -1.95. The summed E-state index contributed by atoms with van der Waals surface area (Å²) < 4.78 is 0. The number of fused-ring (bicyclic) bond motifs is 1. The van der Waals surface area contributed by atoms with Crippen molar-refractivity contribution >= 4 is 34.3 Å². The summed E-state index contributed by atoms with van der Waals surface area (Å²) in [6.45, 7) is 2.15. The molecule has 5 nitrogen and oxygen atoms in total. The standard InChI is InChI=1S/C15H20N4OS/c1-10(9-21-3)19(2)14-8-12(15(16)18-20)11-6-4-5-7-13(11)17-14/h4-8,10,20H,9H2,1-3H3,(H2,16,18). The first kappa shape index (κ1) is 15.4. The number of nitrogens with zero attached hydrogens (tertiary/aromatic N) is 3. The lowest BCUT2D eigenvalue weighted by Crippen LogP contribution is -2.32. The maximum Gasteiger partial charge on any atom is 0.170 e. The molecular weight excluding hydrogens is 284 g/mol. The highest BCUT2D eigenvalue weighted by molar-refractivity contribution is 7.98. The summed E-state index contributed by atoms with van der Waals surface area (Å²) in [5.74, 6) is 1.92. The molecule has 0 aliphatic heterocycles. The Balaban J connectivity index is 2.56. The number of benzene rings is 1. The molecule has 1 unspecified atom stereocenters. The third-order valence-corrected chi connectivity index (χ3v) is 4.33. The molecule has 21 heavy (non-hydrogen) atoms. The van der Waals surface area contributed by atoms with Gasteiger partial charge >= 0.3 is 0 Å². The molecular formula is C15H20N4OS. The first-order valence-electron chi connectivity index (χ1n) is 6.68. The number of oxime groups is 1. The number of para-hydroxylation sites is 1. The van der Waals surface area contributed by atoms with Gasteiger partial charge in [0.25, 0.3) is 0 Å². The predicted molar refractivity (Wildman–Crippen MR) is 90.5 cm³/mol. The molecule has 0 aliphatic rings. The first-order chi connectivity index (χ1) is 10.1. The van der Waals surface area contributed by atoms with E-state index in [0.29, 0.717) is 11.6 Å². The number of hydrogen-bond acceptors (Lipinski definition) is 5. The minimum atomic E-state index is 0.0979. The number of aromatic nitrogens is 1. The molecule has 0 saturated carbocycles. The molecule has 0 aliphatic carbocycles. The SMILES string of the molecule is CSCC(C)N(C)c1cc(/C(N)=N/O)c2ccccc2n1. The molecule has 3 N–H and O–H groups in total. The molecule has 0 saturated heterocycles. The van der Waals surface area contributed by atoms with E-state index in [0.717, 1.165) is 22.5 Å². The Bertz CT molecular complexity index is 659. The van der Waals surface area contributed by atoms with Crippen LogP contribution in [0.5, 0.6) is 0 Å². The van der Waals surface area contributed by atoms with E-state index in [-0.39, 0.29) is 5.84 Å². The molecule has 2 rings (SSSR count). The summed E-state index contributed by atoms with van der Waals surface area (Å²) in [5, 5.41) is 13.0. The van der Waals surface area contributed by atoms with E-state index in [2.05, 4.69) is 28.2 Å². The van der Waals surface area contributed by atoms with Crippen molar-refractivity contribution in [2.75, 3.05) is 24.0 Å². The summed E-state index contributed by atoms with van der Waals surface area (Å²) in [4.78, 5) is 6.79. The Kier molecular flexibility index (Phi) is 4.90. The lowest BCUT2D eigenvalue weighted by atomic mass is 10.1. The van der Waals surface area contributed by atoms with Crippen molar-refractivity contribution in [3.05, 3.63) is 35.9 Å². The van der Waals surface area contributed by atoms with Crippen molar-refractivity contribution in [2.24, 2.45) is 10.9 Å². The van der Waals surface area contributed by atoms with E-state index in [1.165, 1.54) is 0 Å². The Morgan fingerprint density at radius 1 is 1.48 bits per heavy atom. The number of pyridine rings is 1. The van der Waals surface area contributed by atoms with Crippen LogP contribution in [0.4, 0.5) is 5.82 Å². The van der Waals surface area contributed by atoms with E-state index in [9.17, 15) is 0 Å². The molecule has 0 fully saturated rings. The lowest BCUT2D eigenvalue weighted by Gasteiger charge is -2.26. The van der Waals surface area contributed by atoms with Gasteiger partial charge in [-0.15, -0.1) is 0 Å². The second-order valence-electron chi connectivity index (χ2n) is 4.95. The average molecular weight is 304 g/mol. The van der Waals surface area contributed by atoms with Gasteiger partial charge in [-0.2, -0.15) is 11.8 Å². The smallest absolute Gasteiger partial charge is 0.170 e. The highest BCUT2D eigenvalue weighted by Crippen LogP contribution is 2.24. The Labute approximate surface area is 128 Å². The van der Waals surface area contributed by atoms with Gasteiger partial charge in [0, 0.05) is 29.8 Å². The van der Waals surface area contributed by atoms with Crippen molar-refractivity contribution < 1.29 is 5.21 Å². The van der Waals surface area contributed by atoms with E-state index in [4.69, 9.17) is 10.9 Å². The summed E-state index contributed by atoms with van der Waals surface area (Å²) in [5.41, 5.74) is 7.34. The summed E-state index contributed by atoms with van der Waals surface area (Å²) in [6.07, 6.45) is 2.08. The maximum absolute atomic E-state index is 9.00. The summed E-state index contributed by atoms with van der Waals surface area (Å²) in [7, 11) is 2.01. The van der Waals surface area contributed by atoms with Crippen LogP contribution in [0.3, 0.4) is 0 Å². The number of thioether (sulfide) groups is 1. The van der Waals surface area contributed by atoms with Gasteiger partial charge in [-0.05, 0) is 25.3 Å². The number of hydrogen-bond donors (Lipinski definition) is 2. The van der Waals surface area contributed by atoms with Gasteiger partial charge < -0.3 is 15.8 Å². The van der Waals surface area contributed by atoms with Crippen LogP contribution in [-0.4, -0.2) is 41.1 Å². The van der Waals surface area contributed by atoms with Gasteiger partial charge in [0.1, 0.15) is 5.82 Å². The van der Waals surface area contributed by atoms with Crippen LogP contribution < -0.4 is 10.6 Å². The fourth-order valence-corrected chi connectivity index (χ4v) is 2.89. The van der Waals surface area contributed by atoms with E-state index in [1.807, 2.05) is 37.4 Å². The van der Waals surface area contributed by atoms with Crippen LogP contribution in [0, 0.1) is 0 Å². The van der Waals surface area contributed by atoms with E-state index < -0.39 is 0 Å².